The Kier molecular flexibility index (Phi) is 3.10. The fraction of sp³-hybridized carbons (Fsp3) is 0.333. The number of hydrogen-bond acceptors (Lipinski definition) is 4. The Morgan fingerprint density at radius 1 is 1.35 bits per heavy atom. The number of aromatic nitrogens is 3. The minimum Gasteiger partial charge on any atom is -0.435 e. The van der Waals surface area contributed by atoms with Crippen molar-refractivity contribution in [2.45, 2.75) is 20.5 Å². The Morgan fingerprint density at radius 3 is 2.59 bits per heavy atom. The first kappa shape index (κ1) is 11.6. The van der Waals surface area contributed by atoms with Crippen molar-refractivity contribution in [1.82, 2.24) is 14.8 Å². The van der Waals surface area contributed by atoms with E-state index in [1.54, 1.807) is 23.0 Å². The summed E-state index contributed by atoms with van der Waals surface area (Å²) in [6.07, 6.45) is 1.59. The van der Waals surface area contributed by atoms with Crippen LogP contribution in [0.2, 0.25) is 0 Å². The predicted molar refractivity (Wildman–Crippen MR) is 62.9 cm³/mol. The second-order valence-corrected chi connectivity index (χ2v) is 3.89. The summed E-state index contributed by atoms with van der Waals surface area (Å²) in [7, 11) is 1.87. The molecule has 0 bridgehead atoms. The fourth-order valence-electron chi connectivity index (χ4n) is 1.57. The van der Waals surface area contributed by atoms with Crippen LogP contribution in [0, 0.1) is 13.8 Å². The van der Waals surface area contributed by atoms with Gasteiger partial charge in [0.25, 0.3) is 0 Å². The highest BCUT2D eigenvalue weighted by Gasteiger charge is 2.11. The van der Waals surface area contributed by atoms with E-state index in [1.165, 1.54) is 0 Å². The minimum atomic E-state index is -0.0156. The van der Waals surface area contributed by atoms with Crippen molar-refractivity contribution in [2.24, 2.45) is 7.05 Å². The van der Waals surface area contributed by atoms with Gasteiger partial charge in [-0.15, -0.1) is 0 Å². The van der Waals surface area contributed by atoms with Crippen molar-refractivity contribution in [3.8, 4) is 11.6 Å². The number of aliphatic hydroxyl groups excluding tert-OH is 1. The summed E-state index contributed by atoms with van der Waals surface area (Å²) >= 11 is 0. The van der Waals surface area contributed by atoms with Gasteiger partial charge in [-0.1, -0.05) is 0 Å². The zero-order valence-electron chi connectivity index (χ0n) is 10.1. The zero-order valence-corrected chi connectivity index (χ0v) is 10.1. The molecule has 0 aliphatic carbocycles. The van der Waals surface area contributed by atoms with Gasteiger partial charge in [0.05, 0.1) is 12.3 Å². The molecule has 5 nitrogen and oxygen atoms in total. The first-order valence-corrected chi connectivity index (χ1v) is 5.35. The summed E-state index contributed by atoms with van der Waals surface area (Å²) in [5, 5.41) is 13.2. The monoisotopic (exact) mass is 233 g/mol. The molecular formula is C12H15N3O2. The molecule has 2 aromatic heterocycles. The molecule has 90 valence electrons. The highest BCUT2D eigenvalue weighted by atomic mass is 16.5. The van der Waals surface area contributed by atoms with Crippen LogP contribution in [0.15, 0.2) is 18.3 Å². The molecule has 0 aliphatic rings. The first-order chi connectivity index (χ1) is 8.11. The Bertz CT molecular complexity index is 517. The second-order valence-electron chi connectivity index (χ2n) is 3.89. The van der Waals surface area contributed by atoms with E-state index in [4.69, 9.17) is 9.84 Å². The summed E-state index contributed by atoms with van der Waals surface area (Å²) < 4.78 is 7.45. The van der Waals surface area contributed by atoms with Crippen molar-refractivity contribution < 1.29 is 9.84 Å². The fourth-order valence-corrected chi connectivity index (χ4v) is 1.57. The molecule has 0 aliphatic heterocycles. The van der Waals surface area contributed by atoms with Gasteiger partial charge in [-0.05, 0) is 25.5 Å². The van der Waals surface area contributed by atoms with Crippen molar-refractivity contribution in [3.05, 3.63) is 35.3 Å². The molecule has 0 aromatic carbocycles. The SMILES string of the molecule is Cc1nn(C)c(C)c1Oc1ccc(CO)cn1. The zero-order chi connectivity index (χ0) is 12.4. The van der Waals surface area contributed by atoms with Gasteiger partial charge < -0.3 is 9.84 Å². The van der Waals surface area contributed by atoms with E-state index in [9.17, 15) is 0 Å². The van der Waals surface area contributed by atoms with Crippen LogP contribution >= 0.6 is 0 Å². The molecule has 0 fully saturated rings. The van der Waals surface area contributed by atoms with Gasteiger partial charge in [-0.25, -0.2) is 4.98 Å². The van der Waals surface area contributed by atoms with Gasteiger partial charge in [-0.3, -0.25) is 4.68 Å². The quantitative estimate of drug-likeness (QED) is 0.876. The van der Waals surface area contributed by atoms with E-state index in [1.807, 2.05) is 20.9 Å². The summed E-state index contributed by atoms with van der Waals surface area (Å²) in [6, 6.07) is 3.51. The molecule has 0 saturated heterocycles. The normalized spacial score (nSPS) is 10.6. The van der Waals surface area contributed by atoms with Crippen LogP contribution < -0.4 is 4.74 Å². The van der Waals surface area contributed by atoms with E-state index in [0.29, 0.717) is 5.88 Å². The minimum absolute atomic E-state index is 0.0156. The van der Waals surface area contributed by atoms with Crippen LogP contribution in [-0.2, 0) is 13.7 Å². The first-order valence-electron chi connectivity index (χ1n) is 5.35. The maximum absolute atomic E-state index is 8.92. The average Bonchev–Trinajstić information content (AvgIpc) is 2.57. The molecule has 1 N–H and O–H groups in total. The molecule has 5 heteroatoms. The van der Waals surface area contributed by atoms with Crippen LogP contribution in [0.3, 0.4) is 0 Å². The van der Waals surface area contributed by atoms with Gasteiger partial charge in [0.2, 0.25) is 5.88 Å². The van der Waals surface area contributed by atoms with Gasteiger partial charge in [-0.2, -0.15) is 5.10 Å². The van der Waals surface area contributed by atoms with Gasteiger partial charge in [0.15, 0.2) is 5.75 Å². The molecule has 2 aromatic rings. The maximum Gasteiger partial charge on any atom is 0.219 e. The van der Waals surface area contributed by atoms with Gasteiger partial charge >= 0.3 is 0 Å². The number of ether oxygens (including phenoxy) is 1. The van der Waals surface area contributed by atoms with E-state index in [-0.39, 0.29) is 6.61 Å². The number of rotatable bonds is 3. The number of pyridine rings is 1. The number of hydrogen-bond donors (Lipinski definition) is 1. The van der Waals surface area contributed by atoms with Gasteiger partial charge in [0, 0.05) is 19.3 Å². The Morgan fingerprint density at radius 2 is 2.12 bits per heavy atom. The lowest BCUT2D eigenvalue weighted by Crippen LogP contribution is -1.94. The number of aryl methyl sites for hydroxylation is 2. The number of nitrogens with zero attached hydrogens (tertiary/aromatic N) is 3. The lowest BCUT2D eigenvalue weighted by atomic mass is 10.3. The third-order valence-corrected chi connectivity index (χ3v) is 2.63. The van der Waals surface area contributed by atoms with E-state index in [0.717, 1.165) is 22.7 Å². The maximum atomic E-state index is 8.92. The Balaban J connectivity index is 2.25. The van der Waals surface area contributed by atoms with Crippen molar-refractivity contribution >= 4 is 0 Å². The molecule has 0 amide bonds. The predicted octanol–water partition coefficient (Wildman–Crippen LogP) is 1.72. The summed E-state index contributed by atoms with van der Waals surface area (Å²) in [4.78, 5) is 4.12. The molecule has 0 spiro atoms. The Labute approximate surface area is 99.7 Å². The smallest absolute Gasteiger partial charge is 0.219 e. The molecule has 0 saturated carbocycles. The van der Waals surface area contributed by atoms with Crippen LogP contribution in [0.5, 0.6) is 11.6 Å². The summed E-state index contributed by atoms with van der Waals surface area (Å²) in [5.41, 5.74) is 2.55. The highest BCUT2D eigenvalue weighted by Crippen LogP contribution is 2.26. The summed E-state index contributed by atoms with van der Waals surface area (Å²) in [5.74, 6) is 1.23. The second kappa shape index (κ2) is 4.55. The van der Waals surface area contributed by atoms with Gasteiger partial charge in [0.1, 0.15) is 5.69 Å². The lowest BCUT2D eigenvalue weighted by Gasteiger charge is -2.05. The molecule has 0 atom stereocenters. The van der Waals surface area contributed by atoms with Crippen LogP contribution in [0.1, 0.15) is 17.0 Å². The lowest BCUT2D eigenvalue weighted by molar-refractivity contribution is 0.281. The Hall–Kier alpha value is -1.88. The van der Waals surface area contributed by atoms with Crippen LogP contribution in [0.4, 0.5) is 0 Å². The average molecular weight is 233 g/mol. The standard InChI is InChI=1S/C12H15N3O2/c1-8-12(9(2)15(3)14-8)17-11-5-4-10(7-16)6-13-11/h4-6,16H,7H2,1-3H3. The third-order valence-electron chi connectivity index (χ3n) is 2.63. The molecule has 2 heterocycles. The van der Waals surface area contributed by atoms with Crippen molar-refractivity contribution in [1.29, 1.82) is 0 Å². The topological polar surface area (TPSA) is 60.2 Å². The number of aliphatic hydroxyl groups is 1. The molecule has 2 rings (SSSR count). The van der Waals surface area contributed by atoms with E-state index in [2.05, 4.69) is 10.1 Å². The van der Waals surface area contributed by atoms with Crippen LogP contribution in [0.25, 0.3) is 0 Å². The van der Waals surface area contributed by atoms with Crippen molar-refractivity contribution in [3.63, 3.8) is 0 Å². The molecule has 0 radical (unpaired) electrons. The molecular weight excluding hydrogens is 218 g/mol. The summed E-state index contributed by atoms with van der Waals surface area (Å²) in [6.45, 7) is 3.82. The van der Waals surface area contributed by atoms with Crippen LogP contribution in [-0.4, -0.2) is 19.9 Å². The molecule has 0 unspecified atom stereocenters. The van der Waals surface area contributed by atoms with Crippen molar-refractivity contribution in [2.75, 3.05) is 0 Å². The largest absolute Gasteiger partial charge is 0.435 e. The van der Waals surface area contributed by atoms with E-state index >= 15 is 0 Å². The third kappa shape index (κ3) is 2.29. The molecule has 17 heavy (non-hydrogen) atoms. The highest BCUT2D eigenvalue weighted by molar-refractivity contribution is 5.35. The van der Waals surface area contributed by atoms with E-state index < -0.39 is 0 Å².